The highest BCUT2D eigenvalue weighted by Gasteiger charge is 2.36. The number of nitrogens with zero attached hydrogens (tertiary/aromatic N) is 2. The maximum Gasteiger partial charge on any atom is 0.262 e. The lowest BCUT2D eigenvalue weighted by atomic mass is 10.1. The monoisotopic (exact) mass is 524 g/mol. The first-order valence-electron chi connectivity index (χ1n) is 12.7. The Hall–Kier alpha value is -4.12. The molecule has 0 atom stereocenters. The Labute approximate surface area is 221 Å². The van der Waals surface area contributed by atoms with Gasteiger partial charge in [0, 0.05) is 38.2 Å². The highest BCUT2D eigenvalue weighted by Crippen LogP contribution is 2.39. The van der Waals surface area contributed by atoms with Crippen molar-refractivity contribution < 1.29 is 33.4 Å². The number of rotatable bonds is 11. The van der Waals surface area contributed by atoms with Crippen LogP contribution in [0.2, 0.25) is 0 Å². The van der Waals surface area contributed by atoms with Gasteiger partial charge in [0.1, 0.15) is 18.0 Å². The second-order valence-electron chi connectivity index (χ2n) is 8.67. The number of morpholine rings is 1. The van der Waals surface area contributed by atoms with Crippen molar-refractivity contribution in [3.05, 3.63) is 47.5 Å². The average Bonchev–Trinajstić information content (AvgIpc) is 3.15. The second kappa shape index (κ2) is 12.4. The number of hydrogen-bond donors (Lipinski definition) is 2. The fourth-order valence-electron chi connectivity index (χ4n) is 4.35. The molecule has 11 nitrogen and oxygen atoms in total. The van der Waals surface area contributed by atoms with E-state index in [2.05, 4.69) is 15.5 Å². The van der Waals surface area contributed by atoms with E-state index in [9.17, 15) is 19.2 Å². The molecule has 0 saturated carbocycles. The molecule has 2 aliphatic heterocycles. The third kappa shape index (κ3) is 6.05. The lowest BCUT2D eigenvalue weighted by molar-refractivity contribution is -0.121. The molecule has 4 amide bonds. The van der Waals surface area contributed by atoms with Gasteiger partial charge in [-0.3, -0.25) is 24.1 Å². The summed E-state index contributed by atoms with van der Waals surface area (Å²) in [4.78, 5) is 53.0. The van der Waals surface area contributed by atoms with Gasteiger partial charge in [-0.1, -0.05) is 12.1 Å². The van der Waals surface area contributed by atoms with Gasteiger partial charge in [0.15, 0.2) is 0 Å². The highest BCUT2D eigenvalue weighted by atomic mass is 16.5. The third-order valence-corrected chi connectivity index (χ3v) is 6.14. The summed E-state index contributed by atoms with van der Waals surface area (Å²) in [5, 5.41) is 5.44. The molecule has 38 heavy (non-hydrogen) atoms. The summed E-state index contributed by atoms with van der Waals surface area (Å²) in [7, 11) is 0. The normalized spacial score (nSPS) is 14.8. The minimum atomic E-state index is -0.532. The Morgan fingerprint density at radius 2 is 1.55 bits per heavy atom. The molecule has 0 bridgehead atoms. The maximum atomic E-state index is 12.7. The van der Waals surface area contributed by atoms with Crippen LogP contribution in [0.1, 0.15) is 41.0 Å². The number of anilines is 2. The van der Waals surface area contributed by atoms with Crippen LogP contribution >= 0.6 is 0 Å². The molecule has 0 aromatic heterocycles. The van der Waals surface area contributed by atoms with Gasteiger partial charge in [-0.15, -0.1) is 0 Å². The summed E-state index contributed by atoms with van der Waals surface area (Å²) in [5.41, 5.74) is 1.90. The summed E-state index contributed by atoms with van der Waals surface area (Å²) in [6, 6.07) is 10.0. The first kappa shape index (κ1) is 26.9. The molecule has 4 rings (SSSR count). The highest BCUT2D eigenvalue weighted by molar-refractivity contribution is 6.22. The van der Waals surface area contributed by atoms with Gasteiger partial charge in [-0.05, 0) is 26.0 Å². The van der Waals surface area contributed by atoms with E-state index in [1.807, 2.05) is 19.9 Å². The number of carbonyl (C=O) groups excluding carboxylic acids is 4. The SMILES string of the molecule is CCOc1cc(N2CCOCC2)c(OCC)cc1NC(=O)CCNC(=O)CN1C(=O)c2ccccc2C1=O. The van der Waals surface area contributed by atoms with Crippen molar-refractivity contribution in [2.45, 2.75) is 20.3 Å². The Morgan fingerprint density at radius 1 is 0.921 bits per heavy atom. The first-order chi connectivity index (χ1) is 18.4. The van der Waals surface area contributed by atoms with Crippen LogP contribution in [0, 0.1) is 0 Å². The molecule has 2 aromatic rings. The smallest absolute Gasteiger partial charge is 0.262 e. The molecule has 1 saturated heterocycles. The van der Waals surface area contributed by atoms with Crippen molar-refractivity contribution in [1.29, 1.82) is 0 Å². The summed E-state index contributed by atoms with van der Waals surface area (Å²) >= 11 is 0. The zero-order chi connectivity index (χ0) is 27.1. The van der Waals surface area contributed by atoms with E-state index in [1.165, 1.54) is 0 Å². The summed E-state index contributed by atoms with van der Waals surface area (Å²) in [6.07, 6.45) is -0.0192. The van der Waals surface area contributed by atoms with Gasteiger partial charge in [-0.25, -0.2) is 0 Å². The topological polar surface area (TPSA) is 127 Å². The van der Waals surface area contributed by atoms with Crippen LogP contribution in [-0.4, -0.2) is 81.1 Å². The second-order valence-corrected chi connectivity index (χ2v) is 8.67. The average molecular weight is 525 g/mol. The third-order valence-electron chi connectivity index (χ3n) is 6.14. The predicted molar refractivity (Wildman–Crippen MR) is 140 cm³/mol. The van der Waals surface area contributed by atoms with Gasteiger partial charge in [0.25, 0.3) is 11.8 Å². The maximum absolute atomic E-state index is 12.7. The summed E-state index contributed by atoms with van der Waals surface area (Å²) in [6.45, 7) is 6.91. The Morgan fingerprint density at radius 3 is 2.18 bits per heavy atom. The van der Waals surface area contributed by atoms with E-state index in [0.717, 1.165) is 23.7 Å². The van der Waals surface area contributed by atoms with Gasteiger partial charge in [-0.2, -0.15) is 0 Å². The zero-order valence-corrected chi connectivity index (χ0v) is 21.6. The van der Waals surface area contributed by atoms with Crippen molar-refractivity contribution in [3.63, 3.8) is 0 Å². The van der Waals surface area contributed by atoms with Crippen LogP contribution in [-0.2, 0) is 14.3 Å². The number of benzene rings is 2. The lowest BCUT2D eigenvalue weighted by Crippen LogP contribution is -2.41. The van der Waals surface area contributed by atoms with E-state index in [0.29, 0.717) is 43.6 Å². The van der Waals surface area contributed by atoms with E-state index < -0.39 is 24.3 Å². The molecule has 1 fully saturated rings. The molecule has 2 aromatic carbocycles. The minimum Gasteiger partial charge on any atom is -0.492 e. The number of amides is 4. The van der Waals surface area contributed by atoms with E-state index >= 15 is 0 Å². The van der Waals surface area contributed by atoms with E-state index in [4.69, 9.17) is 14.2 Å². The number of fused-ring (bicyclic) bond motifs is 1. The molecular weight excluding hydrogens is 492 g/mol. The lowest BCUT2D eigenvalue weighted by Gasteiger charge is -2.31. The van der Waals surface area contributed by atoms with Gasteiger partial charge >= 0.3 is 0 Å². The molecule has 0 spiro atoms. The minimum absolute atomic E-state index is 0.0192. The van der Waals surface area contributed by atoms with E-state index in [-0.39, 0.29) is 30.0 Å². The van der Waals surface area contributed by atoms with Gasteiger partial charge in [0.2, 0.25) is 11.8 Å². The van der Waals surface area contributed by atoms with E-state index in [1.54, 1.807) is 30.3 Å². The number of carbonyl (C=O) groups is 4. The molecule has 2 aliphatic rings. The zero-order valence-electron chi connectivity index (χ0n) is 21.6. The van der Waals surface area contributed by atoms with Crippen molar-refractivity contribution in [2.24, 2.45) is 0 Å². The first-order valence-corrected chi connectivity index (χ1v) is 12.7. The Balaban J connectivity index is 1.34. The fraction of sp³-hybridized carbons (Fsp3) is 0.407. The van der Waals surface area contributed by atoms with Gasteiger partial charge < -0.3 is 29.7 Å². The molecule has 0 unspecified atom stereocenters. The van der Waals surface area contributed by atoms with Crippen LogP contribution < -0.4 is 25.0 Å². The predicted octanol–water partition coefficient (Wildman–Crippen LogP) is 2.06. The molecule has 2 heterocycles. The molecule has 0 aliphatic carbocycles. The number of hydrogen-bond acceptors (Lipinski definition) is 8. The fourth-order valence-corrected chi connectivity index (χ4v) is 4.35. The number of ether oxygens (including phenoxy) is 3. The van der Waals surface area contributed by atoms with Crippen molar-refractivity contribution in [2.75, 3.05) is 62.8 Å². The van der Waals surface area contributed by atoms with Crippen LogP contribution in [0.25, 0.3) is 0 Å². The van der Waals surface area contributed by atoms with Crippen LogP contribution in [0.15, 0.2) is 36.4 Å². The summed E-state index contributed by atoms with van der Waals surface area (Å²) in [5.74, 6) is -0.743. The quantitative estimate of drug-likeness (QED) is 0.428. The van der Waals surface area contributed by atoms with Crippen molar-refractivity contribution >= 4 is 35.0 Å². The molecule has 11 heteroatoms. The van der Waals surface area contributed by atoms with Crippen molar-refractivity contribution in [1.82, 2.24) is 10.2 Å². The van der Waals surface area contributed by atoms with Crippen LogP contribution in [0.3, 0.4) is 0 Å². The summed E-state index contributed by atoms with van der Waals surface area (Å²) < 4.78 is 17.1. The Kier molecular flexibility index (Phi) is 8.80. The molecule has 2 N–H and O–H groups in total. The largest absolute Gasteiger partial charge is 0.492 e. The van der Waals surface area contributed by atoms with Crippen LogP contribution in [0.4, 0.5) is 11.4 Å². The standard InChI is InChI=1S/C27H32N4O7/c1-3-37-22-16-21(30-11-13-36-14-12-30)23(38-4-2)15-20(22)29-24(32)9-10-28-25(33)17-31-26(34)18-7-5-6-8-19(18)27(31)35/h5-8,15-16H,3-4,9-14,17H2,1-2H3,(H,28,33)(H,29,32). The Bertz CT molecular complexity index is 1170. The van der Waals surface area contributed by atoms with Gasteiger partial charge in [0.05, 0.1) is 48.9 Å². The number of nitrogens with one attached hydrogen (secondary N) is 2. The van der Waals surface area contributed by atoms with Crippen LogP contribution in [0.5, 0.6) is 11.5 Å². The molecular formula is C27H32N4O7. The molecule has 0 radical (unpaired) electrons. The van der Waals surface area contributed by atoms with Crippen molar-refractivity contribution in [3.8, 4) is 11.5 Å². The number of imide groups is 1. The molecule has 202 valence electrons.